The van der Waals surface area contributed by atoms with Gasteiger partial charge in [0.05, 0.1) is 18.4 Å². The van der Waals surface area contributed by atoms with E-state index in [9.17, 15) is 4.79 Å². The first-order valence-corrected chi connectivity index (χ1v) is 4.98. The van der Waals surface area contributed by atoms with E-state index in [1.165, 1.54) is 7.11 Å². The zero-order chi connectivity index (χ0) is 10.8. The number of hydrogen-bond acceptors (Lipinski definition) is 6. The van der Waals surface area contributed by atoms with Crippen LogP contribution in [0, 0.1) is 0 Å². The van der Waals surface area contributed by atoms with Crippen molar-refractivity contribution in [1.82, 2.24) is 0 Å². The summed E-state index contributed by atoms with van der Waals surface area (Å²) in [6.07, 6.45) is 0. The van der Waals surface area contributed by atoms with Crippen LogP contribution in [0.1, 0.15) is 5.56 Å². The van der Waals surface area contributed by atoms with Crippen LogP contribution in [0.4, 0.5) is 0 Å². The normalized spacial score (nSPS) is 10.8. The number of benzene rings is 1. The lowest BCUT2D eigenvalue weighted by Gasteiger charge is -2.03. The van der Waals surface area contributed by atoms with Gasteiger partial charge in [0.1, 0.15) is 0 Å². The van der Waals surface area contributed by atoms with Crippen LogP contribution in [0.2, 0.25) is 0 Å². The minimum atomic E-state index is -0.353. The topological polar surface area (TPSA) is 74.7 Å². The van der Waals surface area contributed by atoms with Crippen LogP contribution < -0.4 is 15.6 Å². The molecular weight excluding hydrogens is 218 g/mol. The van der Waals surface area contributed by atoms with E-state index in [2.05, 4.69) is 4.84 Å². The van der Waals surface area contributed by atoms with E-state index < -0.39 is 0 Å². The van der Waals surface area contributed by atoms with Crippen molar-refractivity contribution in [2.75, 3.05) is 7.11 Å². The van der Waals surface area contributed by atoms with Crippen molar-refractivity contribution < 1.29 is 14.0 Å². The molecule has 5 nitrogen and oxygen atoms in total. The fourth-order valence-corrected chi connectivity index (χ4v) is 2.08. The maximum atomic E-state index is 11.1. The van der Waals surface area contributed by atoms with Gasteiger partial charge in [-0.1, -0.05) is 11.3 Å². The molecule has 0 fully saturated rings. The summed E-state index contributed by atoms with van der Waals surface area (Å²) in [5.74, 6) is 5.49. The summed E-state index contributed by atoms with van der Waals surface area (Å²) in [6.45, 7) is 0.262. The molecule has 0 aliphatic heterocycles. The molecule has 0 aliphatic rings. The van der Waals surface area contributed by atoms with E-state index in [1.54, 1.807) is 12.1 Å². The zero-order valence-electron chi connectivity index (χ0n) is 7.98. The second-order valence-electron chi connectivity index (χ2n) is 2.89. The fourth-order valence-electron chi connectivity index (χ4n) is 1.33. The van der Waals surface area contributed by atoms with E-state index in [0.717, 1.165) is 21.6 Å². The SMILES string of the molecule is COc1cc(CON)cc2sc(=O)oc12. The summed E-state index contributed by atoms with van der Waals surface area (Å²) >= 11 is 1.02. The van der Waals surface area contributed by atoms with Gasteiger partial charge < -0.3 is 9.15 Å². The van der Waals surface area contributed by atoms with Gasteiger partial charge in [0.25, 0.3) is 0 Å². The van der Waals surface area contributed by atoms with Gasteiger partial charge >= 0.3 is 4.94 Å². The molecule has 0 saturated carbocycles. The molecule has 0 atom stereocenters. The summed E-state index contributed by atoms with van der Waals surface area (Å²) < 4.78 is 10.8. The predicted molar refractivity (Wildman–Crippen MR) is 55.9 cm³/mol. The quantitative estimate of drug-likeness (QED) is 0.799. The fraction of sp³-hybridized carbons (Fsp3) is 0.222. The van der Waals surface area contributed by atoms with Crippen molar-refractivity contribution in [3.63, 3.8) is 0 Å². The smallest absolute Gasteiger partial charge is 0.396 e. The average Bonchev–Trinajstić information content (AvgIpc) is 2.57. The maximum absolute atomic E-state index is 11.1. The molecule has 2 N–H and O–H groups in total. The van der Waals surface area contributed by atoms with Crippen LogP contribution >= 0.6 is 11.3 Å². The molecule has 0 aliphatic carbocycles. The van der Waals surface area contributed by atoms with Gasteiger partial charge in [-0.3, -0.25) is 4.84 Å². The van der Waals surface area contributed by atoms with Crippen molar-refractivity contribution in [2.24, 2.45) is 5.90 Å². The highest BCUT2D eigenvalue weighted by molar-refractivity contribution is 7.16. The maximum Gasteiger partial charge on any atom is 0.396 e. The van der Waals surface area contributed by atoms with Crippen molar-refractivity contribution in [3.05, 3.63) is 27.4 Å². The van der Waals surface area contributed by atoms with Gasteiger partial charge in [0.15, 0.2) is 11.3 Å². The Bertz CT molecular complexity index is 530. The van der Waals surface area contributed by atoms with E-state index >= 15 is 0 Å². The molecule has 0 spiro atoms. The summed E-state index contributed by atoms with van der Waals surface area (Å²) in [5, 5.41) is 0. The zero-order valence-corrected chi connectivity index (χ0v) is 8.80. The minimum Gasteiger partial charge on any atom is -0.493 e. The summed E-state index contributed by atoms with van der Waals surface area (Å²) in [7, 11) is 1.51. The Morgan fingerprint density at radius 2 is 2.33 bits per heavy atom. The standard InChI is InChI=1S/C9H9NO4S/c1-12-6-2-5(4-13-10)3-7-8(6)14-9(11)15-7/h2-3H,4,10H2,1H3. The Kier molecular flexibility index (Phi) is 2.72. The Morgan fingerprint density at radius 1 is 1.53 bits per heavy atom. The third-order valence-corrected chi connectivity index (χ3v) is 2.70. The minimum absolute atomic E-state index is 0.262. The molecule has 0 bridgehead atoms. The van der Waals surface area contributed by atoms with Crippen molar-refractivity contribution in [2.45, 2.75) is 6.61 Å². The molecule has 0 saturated heterocycles. The van der Waals surface area contributed by atoms with Crippen molar-refractivity contribution in [3.8, 4) is 5.75 Å². The highest BCUT2D eigenvalue weighted by Gasteiger charge is 2.10. The second kappa shape index (κ2) is 4.01. The van der Waals surface area contributed by atoms with E-state index in [0.29, 0.717) is 11.3 Å². The molecule has 1 heterocycles. The molecule has 1 aromatic heterocycles. The first-order valence-electron chi connectivity index (χ1n) is 4.17. The molecule has 1 aromatic carbocycles. The van der Waals surface area contributed by atoms with Crippen molar-refractivity contribution in [1.29, 1.82) is 0 Å². The predicted octanol–water partition coefficient (Wildman–Crippen LogP) is 1.25. The molecule has 2 rings (SSSR count). The van der Waals surface area contributed by atoms with Gasteiger partial charge in [-0.05, 0) is 17.7 Å². The van der Waals surface area contributed by atoms with Gasteiger partial charge in [-0.2, -0.15) is 0 Å². The van der Waals surface area contributed by atoms with Crippen LogP contribution in [-0.2, 0) is 11.4 Å². The Morgan fingerprint density at radius 3 is 3.00 bits per heavy atom. The molecule has 6 heteroatoms. The lowest BCUT2D eigenvalue weighted by molar-refractivity contribution is 0.124. The second-order valence-corrected chi connectivity index (χ2v) is 3.87. The number of rotatable bonds is 3. The molecule has 0 unspecified atom stereocenters. The largest absolute Gasteiger partial charge is 0.493 e. The highest BCUT2D eigenvalue weighted by Crippen LogP contribution is 2.29. The number of methoxy groups -OCH3 is 1. The highest BCUT2D eigenvalue weighted by atomic mass is 32.1. The van der Waals surface area contributed by atoms with Crippen LogP contribution in [-0.4, -0.2) is 7.11 Å². The Balaban J connectivity index is 2.65. The number of ether oxygens (including phenoxy) is 1. The first kappa shape index (κ1) is 10.2. The lowest BCUT2D eigenvalue weighted by Crippen LogP contribution is -1.99. The molecule has 0 radical (unpaired) electrons. The van der Waals surface area contributed by atoms with E-state index in [1.807, 2.05) is 0 Å². The number of fused-ring (bicyclic) bond motifs is 1. The summed E-state index contributed by atoms with van der Waals surface area (Å²) in [4.78, 5) is 15.2. The first-order chi connectivity index (χ1) is 7.24. The third-order valence-electron chi connectivity index (χ3n) is 1.93. The van der Waals surface area contributed by atoms with E-state index in [4.69, 9.17) is 15.1 Å². The number of nitrogens with two attached hydrogens (primary N) is 1. The molecule has 0 amide bonds. The molecule has 2 aromatic rings. The molecular formula is C9H9NO4S. The van der Waals surface area contributed by atoms with Gasteiger partial charge in [0.2, 0.25) is 0 Å². The van der Waals surface area contributed by atoms with Gasteiger partial charge in [0, 0.05) is 0 Å². The Hall–Kier alpha value is -1.37. The average molecular weight is 227 g/mol. The summed E-state index contributed by atoms with van der Waals surface area (Å²) in [6, 6.07) is 3.52. The number of hydrogen-bond donors (Lipinski definition) is 1. The van der Waals surface area contributed by atoms with Crippen LogP contribution in [0.3, 0.4) is 0 Å². The van der Waals surface area contributed by atoms with Gasteiger partial charge in [-0.25, -0.2) is 10.7 Å². The van der Waals surface area contributed by atoms with Crippen LogP contribution in [0.5, 0.6) is 5.75 Å². The van der Waals surface area contributed by atoms with Crippen LogP contribution in [0.25, 0.3) is 10.3 Å². The lowest BCUT2D eigenvalue weighted by atomic mass is 10.2. The van der Waals surface area contributed by atoms with Crippen molar-refractivity contribution >= 4 is 21.6 Å². The van der Waals surface area contributed by atoms with Gasteiger partial charge in [-0.15, -0.1) is 0 Å². The molecule has 80 valence electrons. The monoisotopic (exact) mass is 227 g/mol. The third kappa shape index (κ3) is 1.87. The molecule has 15 heavy (non-hydrogen) atoms. The summed E-state index contributed by atoms with van der Waals surface area (Å²) in [5.41, 5.74) is 1.30. The van der Waals surface area contributed by atoms with Crippen LogP contribution in [0.15, 0.2) is 21.3 Å². The van der Waals surface area contributed by atoms with E-state index in [-0.39, 0.29) is 11.5 Å². The Labute approximate surface area is 89.0 Å².